The van der Waals surface area contributed by atoms with Crippen LogP contribution >= 0.6 is 15.9 Å². The fourth-order valence-electron chi connectivity index (χ4n) is 3.10. The molecule has 0 bridgehead atoms. The van der Waals surface area contributed by atoms with Gasteiger partial charge in [0.05, 0.1) is 31.4 Å². The number of nitrogens with two attached hydrogens (primary N) is 1. The highest BCUT2D eigenvalue weighted by atomic mass is 79.9. The second-order valence-corrected chi connectivity index (χ2v) is 6.19. The van der Waals surface area contributed by atoms with Gasteiger partial charge in [-0.1, -0.05) is 0 Å². The highest BCUT2D eigenvalue weighted by Gasteiger charge is 2.35. The van der Waals surface area contributed by atoms with Crippen LogP contribution in [0.15, 0.2) is 10.5 Å². The van der Waals surface area contributed by atoms with E-state index in [1.165, 1.54) is 0 Å². The minimum Gasteiger partial charge on any atom is -0.495 e. The van der Waals surface area contributed by atoms with Gasteiger partial charge >= 0.3 is 0 Å². The average molecular weight is 359 g/mol. The van der Waals surface area contributed by atoms with Gasteiger partial charge < -0.3 is 19.9 Å². The van der Waals surface area contributed by atoms with Crippen LogP contribution < -0.4 is 19.9 Å². The van der Waals surface area contributed by atoms with Crippen molar-refractivity contribution in [3.05, 3.63) is 16.1 Å². The number of likely N-dealkylation sites (tertiary alicyclic amines) is 1. The summed E-state index contributed by atoms with van der Waals surface area (Å²) < 4.78 is 17.5. The fraction of sp³-hybridized carbons (Fsp3) is 0.600. The molecule has 21 heavy (non-hydrogen) atoms. The summed E-state index contributed by atoms with van der Waals surface area (Å²) in [5.41, 5.74) is 6.86. The van der Waals surface area contributed by atoms with E-state index in [1.54, 1.807) is 21.3 Å². The number of hydrogen-bond donors (Lipinski definition) is 1. The summed E-state index contributed by atoms with van der Waals surface area (Å²) in [5, 5.41) is 0. The Labute approximate surface area is 134 Å². The lowest BCUT2D eigenvalue weighted by molar-refractivity contribution is 0.284. The summed E-state index contributed by atoms with van der Waals surface area (Å²) in [6.45, 7) is 1.67. The molecular weight excluding hydrogens is 336 g/mol. The van der Waals surface area contributed by atoms with Gasteiger partial charge in [0.15, 0.2) is 11.5 Å². The second kappa shape index (κ2) is 6.85. The fourth-order valence-corrected chi connectivity index (χ4v) is 3.68. The summed E-state index contributed by atoms with van der Waals surface area (Å²) in [4.78, 5) is 2.30. The van der Waals surface area contributed by atoms with Crippen molar-refractivity contribution in [1.29, 1.82) is 0 Å². The van der Waals surface area contributed by atoms with Crippen molar-refractivity contribution in [2.24, 2.45) is 11.7 Å². The summed E-state index contributed by atoms with van der Waals surface area (Å²) in [7, 11) is 7.07. The van der Waals surface area contributed by atoms with Crippen LogP contribution in [0.3, 0.4) is 0 Å². The topological polar surface area (TPSA) is 57.0 Å². The summed E-state index contributed by atoms with van der Waals surface area (Å²) in [6.07, 6.45) is 0.985. The van der Waals surface area contributed by atoms with Gasteiger partial charge in [-0.3, -0.25) is 4.90 Å². The van der Waals surface area contributed by atoms with E-state index in [0.29, 0.717) is 18.2 Å². The van der Waals surface area contributed by atoms with Gasteiger partial charge in [0, 0.05) is 18.7 Å². The van der Waals surface area contributed by atoms with Crippen LogP contribution in [-0.2, 0) is 0 Å². The largest absolute Gasteiger partial charge is 0.495 e. The van der Waals surface area contributed by atoms with Crippen molar-refractivity contribution in [3.63, 3.8) is 0 Å². The lowest BCUT2D eigenvalue weighted by Gasteiger charge is -2.26. The molecule has 0 aromatic heterocycles. The van der Waals surface area contributed by atoms with Crippen LogP contribution in [0.1, 0.15) is 18.0 Å². The first-order chi connectivity index (χ1) is 10.1. The number of rotatable bonds is 5. The zero-order chi connectivity index (χ0) is 15.6. The molecule has 118 valence electrons. The Morgan fingerprint density at radius 3 is 2.38 bits per heavy atom. The summed E-state index contributed by atoms with van der Waals surface area (Å²) >= 11 is 3.56. The van der Waals surface area contributed by atoms with Crippen molar-refractivity contribution in [2.75, 3.05) is 41.5 Å². The van der Waals surface area contributed by atoms with Crippen LogP contribution in [-0.4, -0.2) is 46.4 Å². The van der Waals surface area contributed by atoms with Gasteiger partial charge in [-0.15, -0.1) is 0 Å². The van der Waals surface area contributed by atoms with E-state index in [1.807, 2.05) is 6.07 Å². The number of ether oxygens (including phenoxy) is 3. The molecule has 1 heterocycles. The zero-order valence-corrected chi connectivity index (χ0v) is 14.6. The lowest BCUT2D eigenvalue weighted by atomic mass is 9.97. The second-order valence-electron chi connectivity index (χ2n) is 5.33. The Morgan fingerprint density at radius 2 is 1.90 bits per heavy atom. The summed E-state index contributed by atoms with van der Waals surface area (Å²) in [5.74, 6) is 2.71. The van der Waals surface area contributed by atoms with Crippen molar-refractivity contribution < 1.29 is 14.2 Å². The normalized spacial score (nSPS) is 22.4. The van der Waals surface area contributed by atoms with E-state index in [0.717, 1.165) is 34.5 Å². The minimum atomic E-state index is 0.204. The maximum Gasteiger partial charge on any atom is 0.169 e. The van der Waals surface area contributed by atoms with Crippen LogP contribution in [0.2, 0.25) is 0 Å². The molecule has 1 aliphatic heterocycles. The molecule has 2 unspecified atom stereocenters. The molecule has 6 heteroatoms. The van der Waals surface area contributed by atoms with Crippen LogP contribution in [0, 0.1) is 5.92 Å². The third-order valence-corrected chi connectivity index (χ3v) is 4.71. The monoisotopic (exact) mass is 358 g/mol. The molecule has 0 spiro atoms. The van der Waals surface area contributed by atoms with Gasteiger partial charge in [0.25, 0.3) is 0 Å². The first-order valence-corrected chi connectivity index (χ1v) is 7.75. The average Bonchev–Trinajstić information content (AvgIpc) is 2.86. The lowest BCUT2D eigenvalue weighted by Crippen LogP contribution is -2.21. The molecule has 1 aromatic rings. The number of benzene rings is 1. The molecule has 0 amide bonds. The van der Waals surface area contributed by atoms with Crippen molar-refractivity contribution in [1.82, 2.24) is 4.90 Å². The molecule has 0 aliphatic carbocycles. The number of halogens is 1. The zero-order valence-electron chi connectivity index (χ0n) is 13.0. The van der Waals surface area contributed by atoms with Crippen molar-refractivity contribution in [2.45, 2.75) is 12.5 Å². The highest BCUT2D eigenvalue weighted by molar-refractivity contribution is 9.10. The molecule has 0 saturated carbocycles. The van der Waals surface area contributed by atoms with Gasteiger partial charge in [-0.2, -0.15) is 0 Å². The maximum absolute atomic E-state index is 5.84. The van der Waals surface area contributed by atoms with Crippen LogP contribution in [0.25, 0.3) is 0 Å². The van der Waals surface area contributed by atoms with Gasteiger partial charge in [0.2, 0.25) is 0 Å². The molecule has 2 N–H and O–H groups in total. The SMILES string of the molecule is COc1cc(Br)c(OC)c(C2CC(CN)CN2C)c1OC. The molecule has 5 nitrogen and oxygen atoms in total. The Kier molecular flexibility index (Phi) is 5.35. The van der Waals surface area contributed by atoms with E-state index in [-0.39, 0.29) is 6.04 Å². The van der Waals surface area contributed by atoms with Crippen molar-refractivity contribution in [3.8, 4) is 17.2 Å². The molecule has 1 aromatic carbocycles. The standard InChI is InChI=1S/C15H23BrN2O3/c1-18-8-9(7-17)5-11(18)13-14(20-3)10(16)6-12(19-2)15(13)21-4/h6,9,11H,5,7-8,17H2,1-4H3. The summed E-state index contributed by atoms with van der Waals surface area (Å²) in [6, 6.07) is 2.08. The number of nitrogens with zero attached hydrogens (tertiary/aromatic N) is 1. The van der Waals surface area contributed by atoms with E-state index in [2.05, 4.69) is 27.9 Å². The van der Waals surface area contributed by atoms with Crippen LogP contribution in [0.4, 0.5) is 0 Å². The molecule has 0 radical (unpaired) electrons. The third kappa shape index (κ3) is 2.98. The Morgan fingerprint density at radius 1 is 1.24 bits per heavy atom. The Balaban J connectivity index is 2.57. The molecule has 1 saturated heterocycles. The third-order valence-electron chi connectivity index (χ3n) is 4.12. The maximum atomic E-state index is 5.84. The predicted octanol–water partition coefficient (Wildman–Crippen LogP) is 2.43. The van der Waals surface area contributed by atoms with Crippen molar-refractivity contribution >= 4 is 15.9 Å². The van der Waals surface area contributed by atoms with Crippen LogP contribution in [0.5, 0.6) is 17.2 Å². The molecular formula is C15H23BrN2O3. The van der Waals surface area contributed by atoms with E-state index < -0.39 is 0 Å². The molecule has 1 aliphatic rings. The minimum absolute atomic E-state index is 0.204. The van der Waals surface area contributed by atoms with E-state index in [4.69, 9.17) is 19.9 Å². The number of hydrogen-bond acceptors (Lipinski definition) is 5. The van der Waals surface area contributed by atoms with Gasteiger partial charge in [-0.25, -0.2) is 0 Å². The smallest absolute Gasteiger partial charge is 0.169 e. The Bertz CT molecular complexity index is 510. The van der Waals surface area contributed by atoms with E-state index in [9.17, 15) is 0 Å². The Hall–Kier alpha value is -0.980. The quantitative estimate of drug-likeness (QED) is 0.875. The van der Waals surface area contributed by atoms with E-state index >= 15 is 0 Å². The molecule has 1 fully saturated rings. The van der Waals surface area contributed by atoms with Gasteiger partial charge in [0.1, 0.15) is 5.75 Å². The molecule has 2 rings (SSSR count). The predicted molar refractivity (Wildman–Crippen MR) is 86.3 cm³/mol. The first-order valence-electron chi connectivity index (χ1n) is 6.96. The highest BCUT2D eigenvalue weighted by Crippen LogP contribution is 2.50. The first kappa shape index (κ1) is 16.4. The molecule has 2 atom stereocenters. The van der Waals surface area contributed by atoms with Gasteiger partial charge in [-0.05, 0) is 41.9 Å². The number of methoxy groups -OCH3 is 3.